The van der Waals surface area contributed by atoms with Gasteiger partial charge in [0.15, 0.2) is 0 Å². The van der Waals surface area contributed by atoms with E-state index >= 15 is 0 Å². The number of alkyl halides is 1. The monoisotopic (exact) mass is 671 g/mol. The summed E-state index contributed by atoms with van der Waals surface area (Å²) in [4.78, 5) is 53.9. The van der Waals surface area contributed by atoms with Gasteiger partial charge in [0, 0.05) is 36.7 Å². The minimum Gasteiger partial charge on any atom is -0.475 e. The van der Waals surface area contributed by atoms with Crippen LogP contribution in [0.5, 0.6) is 0 Å². The molecule has 12 heteroatoms. The average Bonchev–Trinajstić information content (AvgIpc) is 3.69. The number of fused-ring (bicyclic) bond motifs is 1. The molecule has 3 fully saturated rings. The van der Waals surface area contributed by atoms with E-state index < -0.39 is 30.4 Å². The van der Waals surface area contributed by atoms with Crippen LogP contribution in [-0.4, -0.2) is 78.0 Å². The number of rotatable bonds is 10. The van der Waals surface area contributed by atoms with Crippen molar-refractivity contribution in [2.45, 2.75) is 109 Å². The van der Waals surface area contributed by atoms with Gasteiger partial charge in [0.05, 0.1) is 12.8 Å². The number of nitrogens with zero attached hydrogens (tertiary/aromatic N) is 1. The number of halogens is 1. The number of carbonyl (C=O) groups excluding carboxylic acids is 3. The van der Waals surface area contributed by atoms with Crippen LogP contribution in [-0.2, 0) is 19.1 Å². The lowest BCUT2D eigenvalue weighted by molar-refractivity contribution is -0.142. The molecule has 5 rings (SSSR count). The molecule has 1 aromatic carbocycles. The van der Waals surface area contributed by atoms with Crippen LogP contribution in [0, 0.1) is 23.7 Å². The first-order valence-corrected chi connectivity index (χ1v) is 17.3. The highest BCUT2D eigenvalue weighted by Gasteiger charge is 2.47. The van der Waals surface area contributed by atoms with Gasteiger partial charge in [-0.15, -0.1) is 0 Å². The molecule has 3 aliphatic rings. The largest absolute Gasteiger partial charge is 0.475 e. The van der Waals surface area contributed by atoms with Gasteiger partial charge in [0.25, 0.3) is 0 Å². The number of nitrogens with one attached hydrogen (secondary N) is 2. The fraction of sp³-hybridized carbons (Fsp3) is 0.667. The Labute approximate surface area is 281 Å². The van der Waals surface area contributed by atoms with Gasteiger partial charge in [0.2, 0.25) is 17.6 Å². The summed E-state index contributed by atoms with van der Waals surface area (Å²) in [5.41, 5.74) is 0.244. The fourth-order valence-electron chi connectivity index (χ4n) is 8.09. The van der Waals surface area contributed by atoms with Crippen LogP contribution >= 0.6 is 0 Å². The third kappa shape index (κ3) is 8.48. The van der Waals surface area contributed by atoms with Crippen LogP contribution in [0.1, 0.15) is 95.5 Å². The van der Waals surface area contributed by atoms with E-state index in [2.05, 4.69) is 10.6 Å². The summed E-state index contributed by atoms with van der Waals surface area (Å²) in [6.07, 6.45) is 6.79. The number of furan rings is 1. The molecule has 3 N–H and O–H groups in total. The molecule has 2 aromatic rings. The predicted octanol–water partition coefficient (Wildman–Crippen LogP) is 6.55. The average molecular weight is 672 g/mol. The third-order valence-electron chi connectivity index (χ3n) is 10.5. The number of hydrogen-bond acceptors (Lipinski definition) is 7. The zero-order valence-electron chi connectivity index (χ0n) is 28.5. The number of carboxylic acids is 1. The summed E-state index contributed by atoms with van der Waals surface area (Å²) in [7, 11) is 1.73. The molecule has 3 atom stereocenters. The molecule has 0 unspecified atom stereocenters. The SMILES string of the molecule is COC1CCC([C@@H]2CCN(C(=O)C3CCC([C@@H](CCF)NC(=O)OC(C)(C)C)CC3)[C@@H]2C(=O)Nc2ccc3oc(C(=O)O)cc3c2)CC1. The normalized spacial score (nSPS) is 27.0. The van der Waals surface area contributed by atoms with E-state index in [1.54, 1.807) is 51.0 Å². The van der Waals surface area contributed by atoms with E-state index in [4.69, 9.17) is 13.9 Å². The maximum absolute atomic E-state index is 14.2. The lowest BCUT2D eigenvalue weighted by atomic mass is 9.75. The molecular weight excluding hydrogens is 621 g/mol. The van der Waals surface area contributed by atoms with Gasteiger partial charge in [-0.2, -0.15) is 0 Å². The maximum Gasteiger partial charge on any atom is 0.407 e. The number of ether oxygens (including phenoxy) is 2. The third-order valence-corrected chi connectivity index (χ3v) is 10.5. The Morgan fingerprint density at radius 2 is 1.73 bits per heavy atom. The number of benzene rings is 1. The molecule has 0 radical (unpaired) electrons. The van der Waals surface area contributed by atoms with Crippen molar-refractivity contribution in [1.82, 2.24) is 10.2 Å². The predicted molar refractivity (Wildman–Crippen MR) is 177 cm³/mol. The number of methoxy groups -OCH3 is 1. The van der Waals surface area contributed by atoms with Crippen LogP contribution in [0.4, 0.5) is 14.9 Å². The highest BCUT2D eigenvalue weighted by Crippen LogP contribution is 2.42. The molecule has 1 aromatic heterocycles. The van der Waals surface area contributed by atoms with Crippen LogP contribution in [0.2, 0.25) is 0 Å². The van der Waals surface area contributed by atoms with Crippen molar-refractivity contribution in [2.24, 2.45) is 23.7 Å². The number of alkyl carbamates (subject to hydrolysis) is 1. The lowest BCUT2D eigenvalue weighted by Crippen LogP contribution is -2.50. The fourth-order valence-corrected chi connectivity index (χ4v) is 8.09. The second-order valence-electron chi connectivity index (χ2n) is 14.7. The number of anilines is 1. The number of aromatic carboxylic acids is 1. The molecule has 2 aliphatic carbocycles. The Balaban J connectivity index is 1.29. The Bertz CT molecular complexity index is 1450. The van der Waals surface area contributed by atoms with Crippen LogP contribution in [0.3, 0.4) is 0 Å². The summed E-state index contributed by atoms with van der Waals surface area (Å²) >= 11 is 0. The minimum absolute atomic E-state index is 0.00586. The molecule has 1 saturated heterocycles. The second-order valence-corrected chi connectivity index (χ2v) is 14.7. The van der Waals surface area contributed by atoms with Crippen molar-refractivity contribution in [3.05, 3.63) is 30.0 Å². The van der Waals surface area contributed by atoms with Crippen molar-refractivity contribution in [1.29, 1.82) is 0 Å². The van der Waals surface area contributed by atoms with Crippen molar-refractivity contribution in [3.63, 3.8) is 0 Å². The van der Waals surface area contributed by atoms with Crippen molar-refractivity contribution in [3.8, 4) is 0 Å². The van der Waals surface area contributed by atoms with E-state index in [0.717, 1.165) is 32.1 Å². The molecule has 264 valence electrons. The van der Waals surface area contributed by atoms with Gasteiger partial charge in [-0.25, -0.2) is 9.59 Å². The van der Waals surface area contributed by atoms with E-state index in [0.29, 0.717) is 48.9 Å². The summed E-state index contributed by atoms with van der Waals surface area (Å²) in [6.45, 7) is 5.28. The van der Waals surface area contributed by atoms with Gasteiger partial charge < -0.3 is 34.5 Å². The molecule has 1 aliphatic heterocycles. The molecule has 3 amide bonds. The van der Waals surface area contributed by atoms with Crippen LogP contribution in [0.15, 0.2) is 28.7 Å². The van der Waals surface area contributed by atoms with Crippen LogP contribution < -0.4 is 10.6 Å². The first kappa shape index (κ1) is 35.6. The lowest BCUT2D eigenvalue weighted by Gasteiger charge is -2.38. The Morgan fingerprint density at radius 3 is 2.35 bits per heavy atom. The van der Waals surface area contributed by atoms with Crippen molar-refractivity contribution in [2.75, 3.05) is 25.6 Å². The van der Waals surface area contributed by atoms with E-state index in [9.17, 15) is 28.7 Å². The first-order valence-electron chi connectivity index (χ1n) is 17.3. The van der Waals surface area contributed by atoms with Crippen LogP contribution in [0.25, 0.3) is 11.0 Å². The van der Waals surface area contributed by atoms with Gasteiger partial charge >= 0.3 is 12.1 Å². The summed E-state index contributed by atoms with van der Waals surface area (Å²) < 4.78 is 29.9. The number of amides is 3. The molecule has 11 nitrogen and oxygen atoms in total. The number of carbonyl (C=O) groups is 4. The molecule has 2 heterocycles. The number of hydrogen-bond donors (Lipinski definition) is 3. The molecule has 0 bridgehead atoms. The Kier molecular flexibility index (Phi) is 11.3. The van der Waals surface area contributed by atoms with Crippen molar-refractivity contribution >= 4 is 40.5 Å². The molecule has 0 spiro atoms. The number of likely N-dealkylation sites (tertiary alicyclic amines) is 1. The Morgan fingerprint density at radius 1 is 1.02 bits per heavy atom. The topological polar surface area (TPSA) is 147 Å². The zero-order valence-corrected chi connectivity index (χ0v) is 28.5. The summed E-state index contributed by atoms with van der Waals surface area (Å²) in [5, 5.41) is 15.8. The first-order chi connectivity index (χ1) is 22.9. The minimum atomic E-state index is -1.17. The Hall–Kier alpha value is -3.67. The van der Waals surface area contributed by atoms with Gasteiger partial charge in [-0.1, -0.05) is 0 Å². The maximum atomic E-state index is 14.2. The molecular formula is C36H50FN3O8. The summed E-state index contributed by atoms with van der Waals surface area (Å²) in [6, 6.07) is 5.40. The quantitative estimate of drug-likeness (QED) is 0.258. The smallest absolute Gasteiger partial charge is 0.407 e. The van der Waals surface area contributed by atoms with E-state index in [1.807, 2.05) is 0 Å². The van der Waals surface area contributed by atoms with E-state index in [1.165, 1.54) is 6.07 Å². The standard InChI is InChI=1S/C36H50FN3O8/c1-36(2,3)48-35(45)39-28(15-17-37)22-5-7-23(8-6-22)33(42)40-18-16-27(21-9-12-26(46-4)13-10-21)31(40)32(41)38-25-11-14-29-24(19-25)20-30(47-29)34(43)44/h11,14,19-23,26-28,31H,5-10,12-13,15-18H2,1-4H3,(H,38,41)(H,39,45)(H,43,44)/t21?,22?,23?,26?,27-,28+,31-/m0/s1. The second kappa shape index (κ2) is 15.3. The van der Waals surface area contributed by atoms with Crippen molar-refractivity contribution < 1.29 is 42.6 Å². The number of carboxylic acid groups (broad SMARTS) is 1. The highest BCUT2D eigenvalue weighted by molar-refractivity contribution is 6.00. The zero-order chi connectivity index (χ0) is 34.6. The van der Waals surface area contributed by atoms with Gasteiger partial charge in [-0.3, -0.25) is 14.0 Å². The van der Waals surface area contributed by atoms with Gasteiger partial charge in [-0.05, 0) is 127 Å². The molecule has 2 saturated carbocycles. The highest BCUT2D eigenvalue weighted by atomic mass is 19.1. The summed E-state index contributed by atoms with van der Waals surface area (Å²) in [5.74, 6) is -1.57. The van der Waals surface area contributed by atoms with E-state index in [-0.39, 0.29) is 59.8 Å². The molecule has 48 heavy (non-hydrogen) atoms. The van der Waals surface area contributed by atoms with Gasteiger partial charge in [0.1, 0.15) is 17.2 Å².